The van der Waals surface area contributed by atoms with E-state index >= 15 is 0 Å². The van der Waals surface area contributed by atoms with Crippen LogP contribution in [0.1, 0.15) is 11.1 Å². The van der Waals surface area contributed by atoms with Crippen molar-refractivity contribution in [1.82, 2.24) is 0 Å². The molecule has 0 atom stereocenters. The van der Waals surface area contributed by atoms with Crippen molar-refractivity contribution in [2.24, 2.45) is 0 Å². The van der Waals surface area contributed by atoms with Gasteiger partial charge in [0.1, 0.15) is 18.1 Å². The largest absolute Gasteiger partial charge is 0.497 e. The molecule has 2 aromatic rings. The third kappa shape index (κ3) is 3.23. The highest BCUT2D eigenvalue weighted by Gasteiger charge is 2.05. The number of nitriles is 1. The van der Waals surface area contributed by atoms with E-state index in [-0.39, 0.29) is 6.61 Å². The van der Waals surface area contributed by atoms with Crippen molar-refractivity contribution in [2.45, 2.75) is 6.61 Å². The molecule has 0 unspecified atom stereocenters. The predicted molar refractivity (Wildman–Crippen MR) is 68.4 cm³/mol. The first-order chi connectivity index (χ1) is 9.62. The molecule has 102 valence electrons. The Morgan fingerprint density at radius 2 is 1.80 bits per heavy atom. The molecule has 0 saturated heterocycles. The Balaban J connectivity index is 2.14. The van der Waals surface area contributed by atoms with Gasteiger partial charge in [0.25, 0.3) is 0 Å². The minimum atomic E-state index is -0.922. The van der Waals surface area contributed by atoms with Gasteiger partial charge in [0.15, 0.2) is 11.6 Å². The standard InChI is InChI=1S/C15H11F2NO2/c1-19-12-4-11(8-18)5-13(7-12)20-9-10-2-3-14(16)15(17)6-10/h2-7H,9H2,1H3. The second kappa shape index (κ2) is 6.02. The fraction of sp³-hybridized carbons (Fsp3) is 0.133. The maximum Gasteiger partial charge on any atom is 0.159 e. The number of ether oxygens (including phenoxy) is 2. The molecule has 0 fully saturated rings. The van der Waals surface area contributed by atoms with Crippen LogP contribution in [0.25, 0.3) is 0 Å². The van der Waals surface area contributed by atoms with Crippen LogP contribution in [-0.4, -0.2) is 7.11 Å². The van der Waals surface area contributed by atoms with E-state index in [2.05, 4.69) is 0 Å². The normalized spacial score (nSPS) is 9.90. The highest BCUT2D eigenvalue weighted by atomic mass is 19.2. The summed E-state index contributed by atoms with van der Waals surface area (Å²) in [7, 11) is 1.48. The van der Waals surface area contributed by atoms with Crippen molar-refractivity contribution in [3.63, 3.8) is 0 Å². The predicted octanol–water partition coefficient (Wildman–Crippen LogP) is 3.42. The van der Waals surface area contributed by atoms with Crippen molar-refractivity contribution in [3.05, 3.63) is 59.2 Å². The number of hydrogen-bond donors (Lipinski definition) is 0. The molecule has 0 aromatic heterocycles. The number of halogens is 2. The lowest BCUT2D eigenvalue weighted by atomic mass is 10.2. The third-order valence-corrected chi connectivity index (χ3v) is 2.63. The van der Waals surface area contributed by atoms with E-state index in [0.717, 1.165) is 12.1 Å². The fourth-order valence-electron chi connectivity index (χ4n) is 1.63. The summed E-state index contributed by atoms with van der Waals surface area (Å²) in [5.74, 6) is -0.911. The number of nitrogens with zero attached hydrogens (tertiary/aromatic N) is 1. The molecule has 0 bridgehead atoms. The highest BCUT2D eigenvalue weighted by Crippen LogP contribution is 2.23. The first-order valence-corrected chi connectivity index (χ1v) is 5.78. The van der Waals surface area contributed by atoms with Gasteiger partial charge in [-0.1, -0.05) is 6.07 Å². The zero-order valence-corrected chi connectivity index (χ0v) is 10.7. The zero-order valence-electron chi connectivity index (χ0n) is 10.7. The number of methoxy groups -OCH3 is 1. The summed E-state index contributed by atoms with van der Waals surface area (Å²) in [6.45, 7) is 0.0647. The molecule has 0 N–H and O–H groups in total. The number of rotatable bonds is 4. The number of hydrogen-bond acceptors (Lipinski definition) is 3. The molecule has 2 aromatic carbocycles. The lowest BCUT2D eigenvalue weighted by Crippen LogP contribution is -1.98. The van der Waals surface area contributed by atoms with Crippen LogP contribution in [0.3, 0.4) is 0 Å². The summed E-state index contributed by atoms with van der Waals surface area (Å²) >= 11 is 0. The average Bonchev–Trinajstić information content (AvgIpc) is 2.48. The summed E-state index contributed by atoms with van der Waals surface area (Å²) in [6.07, 6.45) is 0. The van der Waals surface area contributed by atoms with Crippen LogP contribution in [-0.2, 0) is 6.61 Å². The highest BCUT2D eigenvalue weighted by molar-refractivity contribution is 5.43. The quantitative estimate of drug-likeness (QED) is 0.858. The summed E-state index contributed by atoms with van der Waals surface area (Å²) in [5, 5.41) is 8.88. The number of benzene rings is 2. The van der Waals surface area contributed by atoms with E-state index in [4.69, 9.17) is 14.7 Å². The molecular weight excluding hydrogens is 264 g/mol. The Labute approximate surface area is 115 Å². The molecule has 0 saturated carbocycles. The first-order valence-electron chi connectivity index (χ1n) is 5.78. The Kier molecular flexibility index (Phi) is 4.16. The second-order valence-corrected chi connectivity index (χ2v) is 4.05. The van der Waals surface area contributed by atoms with Gasteiger partial charge in [-0.3, -0.25) is 0 Å². The molecule has 0 amide bonds. The maximum absolute atomic E-state index is 13.0. The Hall–Kier alpha value is -2.61. The van der Waals surface area contributed by atoms with Crippen LogP contribution in [0.5, 0.6) is 11.5 Å². The SMILES string of the molecule is COc1cc(C#N)cc(OCc2ccc(F)c(F)c2)c1. The van der Waals surface area contributed by atoms with E-state index in [1.54, 1.807) is 18.2 Å². The van der Waals surface area contributed by atoms with Crippen LogP contribution < -0.4 is 9.47 Å². The average molecular weight is 275 g/mol. The van der Waals surface area contributed by atoms with Crippen molar-refractivity contribution in [2.75, 3.05) is 7.11 Å². The summed E-state index contributed by atoms with van der Waals surface area (Å²) in [5.41, 5.74) is 0.884. The van der Waals surface area contributed by atoms with Crippen LogP contribution in [0.15, 0.2) is 36.4 Å². The third-order valence-electron chi connectivity index (χ3n) is 2.63. The molecule has 3 nitrogen and oxygen atoms in total. The minimum absolute atomic E-state index is 0.0647. The van der Waals surface area contributed by atoms with Gasteiger partial charge in [-0.2, -0.15) is 5.26 Å². The molecular formula is C15H11F2NO2. The van der Waals surface area contributed by atoms with E-state index in [0.29, 0.717) is 22.6 Å². The van der Waals surface area contributed by atoms with Crippen molar-refractivity contribution < 1.29 is 18.3 Å². The Morgan fingerprint density at radius 3 is 2.45 bits per heavy atom. The summed E-state index contributed by atoms with van der Waals surface area (Å²) in [4.78, 5) is 0. The van der Waals surface area contributed by atoms with Gasteiger partial charge in [0.2, 0.25) is 0 Å². The topological polar surface area (TPSA) is 42.2 Å². The van der Waals surface area contributed by atoms with Crippen LogP contribution in [0.4, 0.5) is 8.78 Å². The van der Waals surface area contributed by atoms with Crippen molar-refractivity contribution in [1.29, 1.82) is 5.26 Å². The molecule has 0 heterocycles. The lowest BCUT2D eigenvalue weighted by molar-refractivity contribution is 0.302. The molecule has 20 heavy (non-hydrogen) atoms. The van der Waals surface area contributed by atoms with Crippen LogP contribution in [0.2, 0.25) is 0 Å². The molecule has 0 radical (unpaired) electrons. The van der Waals surface area contributed by atoms with Gasteiger partial charge in [-0.25, -0.2) is 8.78 Å². The van der Waals surface area contributed by atoms with Gasteiger partial charge in [-0.15, -0.1) is 0 Å². The maximum atomic E-state index is 13.0. The lowest BCUT2D eigenvalue weighted by Gasteiger charge is -2.09. The Bertz CT molecular complexity index is 665. The van der Waals surface area contributed by atoms with Gasteiger partial charge in [-0.05, 0) is 29.8 Å². The second-order valence-electron chi connectivity index (χ2n) is 4.05. The molecule has 0 aliphatic carbocycles. The van der Waals surface area contributed by atoms with Gasteiger partial charge in [0, 0.05) is 6.07 Å². The van der Waals surface area contributed by atoms with Gasteiger partial charge in [0.05, 0.1) is 18.7 Å². The van der Waals surface area contributed by atoms with E-state index < -0.39 is 11.6 Å². The van der Waals surface area contributed by atoms with E-state index in [9.17, 15) is 8.78 Å². The van der Waals surface area contributed by atoms with Crippen LogP contribution in [0, 0.1) is 23.0 Å². The zero-order chi connectivity index (χ0) is 14.5. The monoisotopic (exact) mass is 275 g/mol. The van der Waals surface area contributed by atoms with Crippen molar-refractivity contribution >= 4 is 0 Å². The van der Waals surface area contributed by atoms with E-state index in [1.165, 1.54) is 13.2 Å². The molecule has 0 spiro atoms. The minimum Gasteiger partial charge on any atom is -0.497 e. The fourth-order valence-corrected chi connectivity index (χ4v) is 1.63. The van der Waals surface area contributed by atoms with Crippen molar-refractivity contribution in [3.8, 4) is 17.6 Å². The van der Waals surface area contributed by atoms with Gasteiger partial charge >= 0.3 is 0 Å². The molecule has 5 heteroatoms. The summed E-state index contributed by atoms with van der Waals surface area (Å²) in [6, 6.07) is 10.3. The first kappa shape index (κ1) is 13.8. The molecule has 2 rings (SSSR count). The molecule has 0 aliphatic rings. The smallest absolute Gasteiger partial charge is 0.159 e. The van der Waals surface area contributed by atoms with Crippen LogP contribution >= 0.6 is 0 Å². The summed E-state index contributed by atoms with van der Waals surface area (Å²) < 4.78 is 36.3. The van der Waals surface area contributed by atoms with E-state index in [1.807, 2.05) is 6.07 Å². The molecule has 0 aliphatic heterocycles. The van der Waals surface area contributed by atoms with Gasteiger partial charge < -0.3 is 9.47 Å². The Morgan fingerprint density at radius 1 is 1.05 bits per heavy atom.